The van der Waals surface area contributed by atoms with Crippen LogP contribution in [0.3, 0.4) is 0 Å². The molecule has 0 aromatic carbocycles. The first kappa shape index (κ1) is 131. The van der Waals surface area contributed by atoms with Crippen LogP contribution in [-0.4, -0.2) is 581 Å². The molecule has 0 spiro atoms. The summed E-state index contributed by atoms with van der Waals surface area (Å²) in [6.07, 6.45) is -1.99. The minimum absolute atomic E-state index is 0. The fourth-order valence-electron chi connectivity index (χ4n) is 15.0. The molecule has 0 aromatic rings. The summed E-state index contributed by atoms with van der Waals surface area (Å²) in [5.41, 5.74) is -1.74. The molecule has 4 aliphatic heterocycles. The Morgan fingerprint density at radius 2 is 0.358 bits per heavy atom. The Hall–Kier alpha value is -5.54. The monoisotopic (exact) mass is 2530 g/mol. The fraction of sp³-hybridized carbons (Fsp3) is 0.747. The van der Waals surface area contributed by atoms with Gasteiger partial charge in [0.05, 0.1) is 121 Å². The molecule has 4 heterocycles. The molecule has 772 valence electrons. The van der Waals surface area contributed by atoms with Gasteiger partial charge >= 0.3 is 196 Å². The molecular weight excluding hydrogens is 2400 g/mol. The van der Waals surface area contributed by atoms with Crippen LogP contribution in [0.1, 0.15) is 25.7 Å². The minimum atomic E-state index is -1.74. The van der Waals surface area contributed by atoms with E-state index in [1.54, 1.807) is 19.6 Å². The van der Waals surface area contributed by atoms with Gasteiger partial charge in [0.15, 0.2) is 5.78 Å². The average Bonchev–Trinajstić information content (AvgIpc) is 0.846. The van der Waals surface area contributed by atoms with E-state index in [0.717, 1.165) is 0 Å². The predicted octanol–water partition coefficient (Wildman–Crippen LogP) is -20.7. The third-order valence-electron chi connectivity index (χ3n) is 22.4. The summed E-state index contributed by atoms with van der Waals surface area (Å²) in [5, 5.41) is 145. The van der Waals surface area contributed by atoms with Gasteiger partial charge in [-0.3, -0.25) is 146 Å². The van der Waals surface area contributed by atoms with Gasteiger partial charge in [-0.2, -0.15) is 0 Å². The molecule has 4 radical (unpaired) electrons. The first-order valence-corrected chi connectivity index (χ1v) is 43.6. The quantitative estimate of drug-likeness (QED) is 0.0269. The Bertz CT molecular complexity index is 3280. The summed E-state index contributed by atoms with van der Waals surface area (Å²) in [7, 11) is 0. The van der Waals surface area contributed by atoms with E-state index in [-0.39, 0.29) is 376 Å². The van der Waals surface area contributed by atoms with Crippen molar-refractivity contribution in [2.75, 3.05) is 353 Å². The number of nitrogens with zero attached hydrogens (tertiary/aromatic N) is 16. The van der Waals surface area contributed by atoms with Crippen LogP contribution in [0.25, 0.3) is 0 Å². The molecule has 0 aliphatic carbocycles. The maximum Gasteiger partial charge on any atom is 3.00 e. The molecule has 54 nitrogen and oxygen atoms in total. The van der Waals surface area contributed by atoms with Gasteiger partial charge in [0.1, 0.15) is 5.78 Å². The number of nitrogens with one attached hydrogen (secondary N) is 6. The van der Waals surface area contributed by atoms with Gasteiger partial charge in [-0.1, -0.05) is 0 Å². The third-order valence-corrected chi connectivity index (χ3v) is 22.4. The summed E-state index contributed by atoms with van der Waals surface area (Å²) >= 11 is 0. The summed E-state index contributed by atoms with van der Waals surface area (Å²) in [4.78, 5) is 280. The minimum Gasteiger partial charge on any atom is -0.549 e. The van der Waals surface area contributed by atoms with E-state index < -0.39 is 287 Å². The maximum absolute atomic E-state index is 14.4. The maximum atomic E-state index is 14.4. The van der Waals surface area contributed by atoms with Crippen LogP contribution in [-0.2, 0) is 95.9 Å². The number of hydrogen-bond donors (Lipinski definition) is 12. The van der Waals surface area contributed by atoms with Crippen LogP contribution in [0.2, 0.25) is 0 Å². The predicted molar refractivity (Wildman–Crippen MR) is 448 cm³/mol. The number of carbonyl (C=O) groups is 20. The molecule has 1 unspecified atom stereocenters. The third kappa shape index (κ3) is 64.7. The van der Waals surface area contributed by atoms with Crippen LogP contribution in [0.15, 0.2) is 0 Å². The van der Waals surface area contributed by atoms with E-state index in [4.69, 9.17) is 0 Å². The Morgan fingerprint density at radius 1 is 0.190 bits per heavy atom. The van der Waals surface area contributed by atoms with E-state index in [1.165, 1.54) is 58.8 Å². The molecule has 58 heteroatoms. The van der Waals surface area contributed by atoms with Crippen molar-refractivity contribution < 1.29 is 317 Å². The van der Waals surface area contributed by atoms with Gasteiger partial charge < -0.3 is 122 Å². The fourth-order valence-corrected chi connectivity index (χ4v) is 15.0. The topological polar surface area (TPSA) is 725 Å². The first-order valence-electron chi connectivity index (χ1n) is 43.6. The van der Waals surface area contributed by atoms with E-state index in [2.05, 4.69) is 31.9 Å². The molecule has 4 fully saturated rings. The van der Waals surface area contributed by atoms with Crippen molar-refractivity contribution in [2.24, 2.45) is 5.41 Å². The van der Waals surface area contributed by atoms with Gasteiger partial charge in [-0.15, -0.1) is 0 Å². The molecule has 4 aliphatic rings. The number of hydrogen-bond acceptors (Lipinski definition) is 42. The molecule has 0 saturated carbocycles. The summed E-state index contributed by atoms with van der Waals surface area (Å²) < 4.78 is 0. The molecular formula is C79H128Gd4N22O32+6. The van der Waals surface area contributed by atoms with E-state index in [1.807, 2.05) is 0 Å². The standard InChI is InChI=1S/C79H134N22O32.4Gd/c102-59(37-80-64(107)41-87-7-15-92(46-69(114)115)23-31-99(53-76(128)129)32-24-93(16-8-87)47-70(116)117)3-4-79(56-83-61(104)2-1-60(103)40-86-5-13-90(44-67(110)111)21-29-98(52-75(126)127)30-22-91(14-6-86)45-68(112)113,57-84-62(105)38-81-65(108)42-88-9-17-94(48-71(118)119)25-33-100(54-77(130)131)34-26-95(18-10-88)49-72(120)121)58-85-63(106)39-82-66(109)43-89-11-19-96(50-73(122)123)27-35-101(55-78(132)133)36-28-97(20-12-89)51-74(124)125;;;;/h1-58H2,(H,80,107)(H,81,108)(H,82,109)(H,83,104)(H,84,105)(H,85,106)(H,110,111)(H,112,113)(H,114,115)(H,116,117)(H,118,119)(H,120,121)(H,122,123)(H,124,125)(H,126,127)(H,128,129)(H,130,131)(H,132,133);;;;/q;4*+3/p-6. The van der Waals surface area contributed by atoms with Crippen molar-refractivity contribution in [1.82, 2.24) is 110 Å². The number of aliphatic carboxylic acids is 12. The normalized spacial score (nSPS) is 18.3. The molecule has 4 saturated heterocycles. The van der Waals surface area contributed by atoms with Gasteiger partial charge in [0, 0.05) is 293 Å². The molecule has 12 N–H and O–H groups in total. The SMILES string of the molecule is O=C([O-])CN1CCN(CC(=O)[O-])CCN(CC(=O)NCC(=O)CCC(CNC(=O)CCC(=O)CN2CCN(CC(=O)[O-])CCN(CC(=O)O)CCN(CC(=O)O)CC2)(CNC(=O)CNC(=O)CN2CCN(CC(=O)[O-])CCN(CC(=O)[O-])CCN(CC(=O)O)CC2)CNC(=O)CNC(=O)CN2CCN(CC(=O)[O-])CCN(CC(=O)O)CCN(CC(=O)O)CC2)CCN(CC(=O)O)CC1.[Gd+3].[Gd+3].[Gd+3].[Gd+3]. The number of Topliss-reactive ketones (excluding diaryl/α,β-unsaturated/α-hetero) is 2. The van der Waals surface area contributed by atoms with Gasteiger partial charge in [0.25, 0.3) is 0 Å². The number of carbonyl (C=O) groups excluding carboxylic acids is 14. The van der Waals surface area contributed by atoms with Gasteiger partial charge in [0.2, 0.25) is 35.4 Å². The van der Waals surface area contributed by atoms with E-state index >= 15 is 0 Å². The molecule has 0 bridgehead atoms. The van der Waals surface area contributed by atoms with Crippen molar-refractivity contribution in [3.63, 3.8) is 0 Å². The largest absolute Gasteiger partial charge is 3.00 e. The molecule has 0 aromatic heterocycles. The van der Waals surface area contributed by atoms with Crippen LogP contribution in [0.4, 0.5) is 0 Å². The molecule has 6 amide bonds. The molecule has 1 atom stereocenters. The second-order valence-electron chi connectivity index (χ2n) is 33.3. The Balaban J connectivity index is 0.0000462. The molecule has 4 rings (SSSR count). The van der Waals surface area contributed by atoms with Crippen LogP contribution < -0.4 is 62.5 Å². The Morgan fingerprint density at radius 3 is 0.547 bits per heavy atom. The average molecular weight is 2530 g/mol. The zero-order valence-electron chi connectivity index (χ0n) is 76.4. The number of ketones is 2. The van der Waals surface area contributed by atoms with Crippen LogP contribution in [0.5, 0.6) is 0 Å². The second-order valence-corrected chi connectivity index (χ2v) is 33.3. The zero-order chi connectivity index (χ0) is 98.5. The number of carboxylic acids is 12. The smallest absolute Gasteiger partial charge is 0.549 e. The molecule has 137 heavy (non-hydrogen) atoms. The Labute approximate surface area is 920 Å². The number of rotatable bonds is 50. The second kappa shape index (κ2) is 73.5. The van der Waals surface area contributed by atoms with Crippen LogP contribution >= 0.6 is 0 Å². The summed E-state index contributed by atoms with van der Waals surface area (Å²) in [6, 6.07) is 0. The van der Waals surface area contributed by atoms with E-state index in [0.29, 0.717) is 0 Å². The van der Waals surface area contributed by atoms with Gasteiger partial charge in [-0.25, -0.2) is 0 Å². The summed E-state index contributed by atoms with van der Waals surface area (Å²) in [6.45, 7) is -11.9. The summed E-state index contributed by atoms with van der Waals surface area (Å²) in [5.74, 6) is -22.3. The van der Waals surface area contributed by atoms with Crippen molar-refractivity contribution >= 4 is 119 Å². The number of carboxylic acid groups (broad SMARTS) is 12. The number of amides is 6. The van der Waals surface area contributed by atoms with Crippen molar-refractivity contribution in [1.29, 1.82) is 0 Å². The van der Waals surface area contributed by atoms with E-state index in [9.17, 15) is 157 Å². The Kier molecular flexibility index (Phi) is 70.5. The van der Waals surface area contributed by atoms with Gasteiger partial charge in [-0.05, 0) is 6.42 Å². The first-order chi connectivity index (χ1) is 62.9. The van der Waals surface area contributed by atoms with Crippen LogP contribution in [0, 0.1) is 165 Å². The zero-order valence-corrected chi connectivity index (χ0v) is 85.5. The van der Waals surface area contributed by atoms with Crippen molar-refractivity contribution in [2.45, 2.75) is 25.7 Å². The van der Waals surface area contributed by atoms with Crippen molar-refractivity contribution in [3.8, 4) is 0 Å². The van der Waals surface area contributed by atoms with Crippen molar-refractivity contribution in [3.05, 3.63) is 0 Å².